The van der Waals surface area contributed by atoms with Gasteiger partial charge in [0.05, 0.1) is 24.5 Å². The number of pyridine rings is 1. The summed E-state index contributed by atoms with van der Waals surface area (Å²) in [6.45, 7) is 3.16. The summed E-state index contributed by atoms with van der Waals surface area (Å²) >= 11 is 0. The van der Waals surface area contributed by atoms with Crippen LogP contribution in [-0.4, -0.2) is 78.3 Å². The monoisotopic (exact) mass is 542 g/mol. The fourth-order valence-electron chi connectivity index (χ4n) is 4.82. The molecule has 3 aliphatic rings. The molecule has 0 radical (unpaired) electrons. The number of carbonyl (C=O) groups is 2. The zero-order chi connectivity index (χ0) is 27.6. The molecule has 0 bridgehead atoms. The van der Waals surface area contributed by atoms with Crippen molar-refractivity contribution in [1.29, 1.82) is 0 Å². The molecule has 2 unspecified atom stereocenters. The lowest BCUT2D eigenvalue weighted by molar-refractivity contribution is -0.137. The number of nitrogens with one attached hydrogen (secondary N) is 2. The second-order valence-corrected chi connectivity index (χ2v) is 9.09. The predicted octanol–water partition coefficient (Wildman–Crippen LogP) is 2.61. The summed E-state index contributed by atoms with van der Waals surface area (Å²) < 4.78 is 44.2. The van der Waals surface area contributed by atoms with Gasteiger partial charge in [-0.3, -0.25) is 20.0 Å². The van der Waals surface area contributed by atoms with Crippen LogP contribution in [0.3, 0.4) is 0 Å². The van der Waals surface area contributed by atoms with Crippen LogP contribution in [0.5, 0.6) is 0 Å². The van der Waals surface area contributed by atoms with Crippen LogP contribution < -0.4 is 16.4 Å². The lowest BCUT2D eigenvalue weighted by Gasteiger charge is -2.32. The summed E-state index contributed by atoms with van der Waals surface area (Å²) in [5, 5.41) is 11.0. The van der Waals surface area contributed by atoms with Crippen LogP contribution in [-0.2, 0) is 15.7 Å². The van der Waals surface area contributed by atoms with Gasteiger partial charge in [0.2, 0.25) is 0 Å². The molecule has 2 aromatic rings. The normalized spacial score (nSPS) is 21.4. The maximum absolute atomic E-state index is 12.9. The number of amidine groups is 1. The SMILES string of the molecule is NC1=NC=NN2C(CN3CCOCC3)=C(C=O)C(c3ccc(NC(=O)Nc4cc(C(F)(F)F)ccn4)cc3)C12. The van der Waals surface area contributed by atoms with E-state index >= 15 is 0 Å². The summed E-state index contributed by atoms with van der Waals surface area (Å²) in [7, 11) is 0. The summed E-state index contributed by atoms with van der Waals surface area (Å²) in [4.78, 5) is 34.8. The van der Waals surface area contributed by atoms with Crippen LogP contribution in [0.4, 0.5) is 29.5 Å². The van der Waals surface area contributed by atoms with Gasteiger partial charge in [0.1, 0.15) is 30.3 Å². The number of aromatic nitrogens is 1. The van der Waals surface area contributed by atoms with E-state index < -0.39 is 29.7 Å². The van der Waals surface area contributed by atoms with E-state index in [2.05, 4.69) is 30.6 Å². The van der Waals surface area contributed by atoms with Gasteiger partial charge < -0.3 is 15.8 Å². The average molecular weight is 543 g/mol. The number of nitrogens with zero attached hydrogens (tertiary/aromatic N) is 5. The van der Waals surface area contributed by atoms with Gasteiger partial charge in [0, 0.05) is 43.0 Å². The Morgan fingerprint density at radius 3 is 2.59 bits per heavy atom. The molecule has 2 amide bonds. The molecule has 14 heteroatoms. The Morgan fingerprint density at radius 1 is 1.15 bits per heavy atom. The number of halogens is 3. The Balaban J connectivity index is 1.34. The number of urea groups is 1. The van der Waals surface area contributed by atoms with Crippen molar-refractivity contribution in [3.05, 3.63) is 65.0 Å². The minimum absolute atomic E-state index is 0.244. The van der Waals surface area contributed by atoms with Crippen molar-refractivity contribution in [2.75, 3.05) is 43.5 Å². The predicted molar refractivity (Wildman–Crippen MR) is 137 cm³/mol. The highest BCUT2D eigenvalue weighted by atomic mass is 19.4. The number of carbonyl (C=O) groups excluding carboxylic acids is 2. The molecule has 0 spiro atoms. The molecule has 0 saturated carbocycles. The highest BCUT2D eigenvalue weighted by molar-refractivity contribution is 5.99. The third-order valence-electron chi connectivity index (χ3n) is 6.67. The van der Waals surface area contributed by atoms with E-state index in [9.17, 15) is 22.8 Å². The number of rotatable bonds is 6. The topological polar surface area (TPSA) is 138 Å². The number of morpholine rings is 1. The van der Waals surface area contributed by atoms with E-state index in [1.165, 1.54) is 6.34 Å². The van der Waals surface area contributed by atoms with Crippen LogP contribution in [0.1, 0.15) is 17.0 Å². The maximum atomic E-state index is 12.9. The molecule has 1 aromatic heterocycles. The Kier molecular flexibility index (Phi) is 7.30. The van der Waals surface area contributed by atoms with Gasteiger partial charge in [-0.05, 0) is 29.8 Å². The Morgan fingerprint density at radius 2 is 1.90 bits per heavy atom. The third-order valence-corrected chi connectivity index (χ3v) is 6.67. The maximum Gasteiger partial charge on any atom is 0.416 e. The van der Waals surface area contributed by atoms with Gasteiger partial charge in [-0.25, -0.2) is 14.8 Å². The Hall–Kier alpha value is -4.30. The van der Waals surface area contributed by atoms with Gasteiger partial charge in [0.25, 0.3) is 0 Å². The molecule has 4 heterocycles. The van der Waals surface area contributed by atoms with Crippen LogP contribution in [0.15, 0.2) is 64.0 Å². The minimum Gasteiger partial charge on any atom is -0.385 e. The molecule has 4 N–H and O–H groups in total. The molecular weight excluding hydrogens is 517 g/mol. The molecule has 3 aliphatic heterocycles. The molecule has 39 heavy (non-hydrogen) atoms. The first-order chi connectivity index (χ1) is 18.7. The Labute approximate surface area is 221 Å². The number of benzene rings is 1. The molecule has 1 aromatic carbocycles. The third kappa shape index (κ3) is 5.61. The van der Waals surface area contributed by atoms with E-state index in [-0.39, 0.29) is 5.82 Å². The van der Waals surface area contributed by atoms with Gasteiger partial charge in [-0.15, -0.1) is 0 Å². The van der Waals surface area contributed by atoms with Crippen LogP contribution >= 0.6 is 0 Å². The lowest BCUT2D eigenvalue weighted by Crippen LogP contribution is -2.45. The van der Waals surface area contributed by atoms with Crippen molar-refractivity contribution in [2.45, 2.75) is 18.1 Å². The van der Waals surface area contributed by atoms with Gasteiger partial charge in [-0.1, -0.05) is 12.1 Å². The fraction of sp³-hybridized carbons (Fsp3) is 0.320. The van der Waals surface area contributed by atoms with Crippen LogP contribution in [0.2, 0.25) is 0 Å². The van der Waals surface area contributed by atoms with Crippen molar-refractivity contribution >= 4 is 36.0 Å². The van der Waals surface area contributed by atoms with E-state index in [4.69, 9.17) is 10.5 Å². The highest BCUT2D eigenvalue weighted by Gasteiger charge is 2.45. The number of nitrogens with two attached hydrogens (primary N) is 1. The summed E-state index contributed by atoms with van der Waals surface area (Å²) in [5.74, 6) is -0.371. The first kappa shape index (κ1) is 26.3. The van der Waals surface area contributed by atoms with Gasteiger partial charge in [0.15, 0.2) is 0 Å². The van der Waals surface area contributed by atoms with Gasteiger partial charge >= 0.3 is 12.2 Å². The molecule has 0 aliphatic carbocycles. The summed E-state index contributed by atoms with van der Waals surface area (Å²) in [5.41, 5.74) is 7.76. The van der Waals surface area contributed by atoms with Crippen molar-refractivity contribution in [3.8, 4) is 0 Å². The number of alkyl halides is 3. The molecule has 1 fully saturated rings. The van der Waals surface area contributed by atoms with Gasteiger partial charge in [-0.2, -0.15) is 18.3 Å². The number of hydrogen-bond donors (Lipinski definition) is 3. The number of anilines is 2. The fourth-order valence-corrected chi connectivity index (χ4v) is 4.82. The minimum atomic E-state index is -4.56. The number of hydrogen-bond acceptors (Lipinski definition) is 9. The van der Waals surface area contributed by atoms with Crippen molar-refractivity contribution in [3.63, 3.8) is 0 Å². The smallest absolute Gasteiger partial charge is 0.385 e. The largest absolute Gasteiger partial charge is 0.416 e. The number of ether oxygens (including phenoxy) is 1. The zero-order valence-electron chi connectivity index (χ0n) is 20.6. The van der Waals surface area contributed by atoms with Crippen molar-refractivity contribution in [2.24, 2.45) is 15.8 Å². The number of fused-ring (bicyclic) bond motifs is 1. The summed E-state index contributed by atoms with van der Waals surface area (Å²) in [6, 6.07) is 7.05. The molecule has 1 saturated heterocycles. The van der Waals surface area contributed by atoms with Crippen LogP contribution in [0.25, 0.3) is 0 Å². The number of aldehydes is 1. The molecule has 11 nitrogen and oxygen atoms in total. The van der Waals surface area contributed by atoms with Crippen molar-refractivity contribution in [1.82, 2.24) is 14.9 Å². The quantitative estimate of drug-likeness (QED) is 0.477. The second-order valence-electron chi connectivity index (χ2n) is 9.09. The first-order valence-electron chi connectivity index (χ1n) is 12.1. The standard InChI is InChI=1S/C25H25F3N8O3/c26-25(27,28)16-5-6-30-20(11-16)34-24(38)33-17-3-1-15(2-4-17)21-18(13-37)19(12-35-7-9-39-10-8-35)36-22(21)23(29)31-14-32-36/h1-6,11,13-14,21-22H,7-10,12H2,(H2,29,31,32)(H2,30,33,34,38). The average Bonchev–Trinajstić information content (AvgIpc) is 3.23. The van der Waals surface area contributed by atoms with Crippen LogP contribution in [0, 0.1) is 0 Å². The number of amides is 2. The number of hydrazone groups is 1. The number of aliphatic imine (C=N–C) groups is 1. The zero-order valence-corrected chi connectivity index (χ0v) is 20.6. The summed E-state index contributed by atoms with van der Waals surface area (Å²) in [6.07, 6.45) is -1.41. The van der Waals surface area contributed by atoms with E-state index in [0.717, 1.165) is 49.0 Å². The van der Waals surface area contributed by atoms with Crippen molar-refractivity contribution < 1.29 is 27.5 Å². The Bertz CT molecular complexity index is 1340. The van der Waals surface area contributed by atoms with E-state index in [1.54, 1.807) is 29.3 Å². The highest BCUT2D eigenvalue weighted by Crippen LogP contribution is 2.42. The first-order valence-corrected chi connectivity index (χ1v) is 12.1. The lowest BCUT2D eigenvalue weighted by atomic mass is 9.86. The molecule has 2 atom stereocenters. The van der Waals surface area contributed by atoms with E-state index in [0.29, 0.717) is 36.9 Å². The van der Waals surface area contributed by atoms with E-state index in [1.807, 2.05) is 0 Å². The molecular formula is C25H25F3N8O3. The molecule has 204 valence electrons. The second kappa shape index (κ2) is 10.8. The molecule has 5 rings (SSSR count).